The van der Waals surface area contributed by atoms with Crippen LogP contribution in [0.3, 0.4) is 0 Å². The molecule has 1 aliphatic rings. The van der Waals surface area contributed by atoms with E-state index in [1.165, 1.54) is 6.20 Å². The predicted molar refractivity (Wildman–Crippen MR) is 75.9 cm³/mol. The average molecular weight is 278 g/mol. The van der Waals surface area contributed by atoms with Crippen LogP contribution in [0.5, 0.6) is 0 Å². The Bertz CT molecular complexity index is 470. The number of hydrogen-bond donors (Lipinski definition) is 3. The van der Waals surface area contributed by atoms with Crippen LogP contribution in [0, 0.1) is 5.41 Å². The van der Waals surface area contributed by atoms with Gasteiger partial charge in [-0.3, -0.25) is 4.79 Å². The van der Waals surface area contributed by atoms with E-state index in [4.69, 9.17) is 10.0 Å². The van der Waals surface area contributed by atoms with Gasteiger partial charge in [-0.25, -0.2) is 4.98 Å². The molecule has 108 valence electrons. The molecule has 1 aromatic heterocycles. The van der Waals surface area contributed by atoms with E-state index in [-0.39, 0.29) is 0 Å². The second-order valence-electron chi connectivity index (χ2n) is 5.25. The number of anilines is 1. The fourth-order valence-electron chi connectivity index (χ4n) is 2.62. The third kappa shape index (κ3) is 2.78. The first-order valence-electron chi connectivity index (χ1n) is 6.79. The maximum atomic E-state index is 11.4. The lowest BCUT2D eigenvalue weighted by molar-refractivity contribution is -0.150. The largest absolute Gasteiger partial charge is 0.490 e. The Morgan fingerprint density at radius 1 is 1.40 bits per heavy atom. The summed E-state index contributed by atoms with van der Waals surface area (Å²) in [5.74, 6) is 0.0239. The molecule has 0 bridgehead atoms. The Morgan fingerprint density at radius 2 is 2.05 bits per heavy atom. The highest BCUT2D eigenvalue weighted by Gasteiger charge is 2.40. The van der Waals surface area contributed by atoms with E-state index >= 15 is 0 Å². The molecule has 2 heterocycles. The Balaban J connectivity index is 2.05. The molecule has 3 N–H and O–H groups in total. The zero-order valence-corrected chi connectivity index (χ0v) is 11.5. The van der Waals surface area contributed by atoms with Crippen LogP contribution in [0.15, 0.2) is 18.3 Å². The third-order valence-electron chi connectivity index (χ3n) is 4.24. The van der Waals surface area contributed by atoms with Gasteiger partial charge >= 0.3 is 13.1 Å². The van der Waals surface area contributed by atoms with Gasteiger partial charge in [-0.2, -0.15) is 0 Å². The maximum absolute atomic E-state index is 11.4. The highest BCUT2D eigenvalue weighted by molar-refractivity contribution is 6.58. The highest BCUT2D eigenvalue weighted by atomic mass is 16.4. The number of pyridine rings is 1. The molecule has 0 aliphatic carbocycles. The van der Waals surface area contributed by atoms with E-state index < -0.39 is 18.5 Å². The van der Waals surface area contributed by atoms with Gasteiger partial charge in [-0.05, 0) is 25.3 Å². The van der Waals surface area contributed by atoms with Crippen molar-refractivity contribution in [3.8, 4) is 0 Å². The molecule has 6 nitrogen and oxygen atoms in total. The number of piperidine rings is 1. The number of carboxylic acid groups (broad SMARTS) is 1. The van der Waals surface area contributed by atoms with Gasteiger partial charge in [0.2, 0.25) is 0 Å². The van der Waals surface area contributed by atoms with Crippen LogP contribution in [0.1, 0.15) is 26.2 Å². The minimum atomic E-state index is -1.52. The topological polar surface area (TPSA) is 93.9 Å². The van der Waals surface area contributed by atoms with Crippen molar-refractivity contribution in [2.75, 3.05) is 18.0 Å². The van der Waals surface area contributed by atoms with Crippen LogP contribution in [0.25, 0.3) is 0 Å². The van der Waals surface area contributed by atoms with Crippen molar-refractivity contribution in [2.24, 2.45) is 5.41 Å². The van der Waals surface area contributed by atoms with E-state index in [2.05, 4.69) is 4.98 Å². The van der Waals surface area contributed by atoms with E-state index in [1.807, 2.05) is 11.8 Å². The Kier molecular flexibility index (Phi) is 4.30. The molecule has 0 atom stereocenters. The fraction of sp³-hybridized carbons (Fsp3) is 0.538. The first-order valence-corrected chi connectivity index (χ1v) is 6.79. The Hall–Kier alpha value is -1.60. The molecule has 20 heavy (non-hydrogen) atoms. The van der Waals surface area contributed by atoms with Gasteiger partial charge in [0, 0.05) is 24.7 Å². The van der Waals surface area contributed by atoms with Crippen LogP contribution in [0.4, 0.5) is 5.82 Å². The number of aliphatic carboxylic acids is 1. The lowest BCUT2D eigenvalue weighted by Crippen LogP contribution is -2.44. The number of hydrogen-bond acceptors (Lipinski definition) is 5. The lowest BCUT2D eigenvalue weighted by atomic mass is 9.76. The van der Waals surface area contributed by atoms with Crippen LogP contribution < -0.4 is 10.4 Å². The summed E-state index contributed by atoms with van der Waals surface area (Å²) in [4.78, 5) is 17.6. The molecule has 1 fully saturated rings. The Morgan fingerprint density at radius 3 is 2.45 bits per heavy atom. The molecule has 1 aliphatic heterocycles. The quantitative estimate of drug-likeness (QED) is 0.663. The van der Waals surface area contributed by atoms with Crippen LogP contribution >= 0.6 is 0 Å². The van der Waals surface area contributed by atoms with Crippen molar-refractivity contribution in [1.82, 2.24) is 4.98 Å². The van der Waals surface area contributed by atoms with Gasteiger partial charge < -0.3 is 20.1 Å². The molecular formula is C13H19BN2O4. The van der Waals surface area contributed by atoms with E-state index in [0.29, 0.717) is 37.8 Å². The maximum Gasteiger partial charge on any atom is 0.490 e. The van der Waals surface area contributed by atoms with Crippen LogP contribution in [0.2, 0.25) is 0 Å². The molecule has 1 aromatic rings. The van der Waals surface area contributed by atoms with Crippen molar-refractivity contribution in [1.29, 1.82) is 0 Å². The molecule has 0 aromatic carbocycles. The van der Waals surface area contributed by atoms with Crippen molar-refractivity contribution in [3.63, 3.8) is 0 Å². The van der Waals surface area contributed by atoms with E-state index in [9.17, 15) is 9.90 Å². The average Bonchev–Trinajstić information content (AvgIpc) is 2.47. The summed E-state index contributed by atoms with van der Waals surface area (Å²) < 4.78 is 0. The second kappa shape index (κ2) is 5.81. The molecule has 7 heteroatoms. The third-order valence-corrected chi connectivity index (χ3v) is 4.24. The smallest absolute Gasteiger partial charge is 0.481 e. The zero-order valence-electron chi connectivity index (χ0n) is 11.5. The lowest BCUT2D eigenvalue weighted by Gasteiger charge is -2.38. The number of rotatable bonds is 4. The molecule has 0 radical (unpaired) electrons. The molecule has 0 amide bonds. The van der Waals surface area contributed by atoms with Gasteiger partial charge in [-0.1, -0.05) is 13.0 Å². The van der Waals surface area contributed by atoms with Crippen LogP contribution in [-0.2, 0) is 4.79 Å². The van der Waals surface area contributed by atoms with Crippen molar-refractivity contribution < 1.29 is 19.9 Å². The summed E-state index contributed by atoms with van der Waals surface area (Å²) in [7, 11) is -1.52. The number of carboxylic acids is 1. The molecule has 0 unspecified atom stereocenters. The van der Waals surface area contributed by atoms with Gasteiger partial charge in [0.05, 0.1) is 5.41 Å². The normalized spacial score (nSPS) is 17.9. The van der Waals surface area contributed by atoms with Crippen LogP contribution in [-0.4, -0.2) is 46.3 Å². The minimum Gasteiger partial charge on any atom is -0.481 e. The summed E-state index contributed by atoms with van der Waals surface area (Å²) in [6.07, 6.45) is 3.27. The zero-order chi connectivity index (χ0) is 14.8. The number of carbonyl (C=O) groups is 1. The second-order valence-corrected chi connectivity index (χ2v) is 5.25. The summed E-state index contributed by atoms with van der Waals surface area (Å²) in [6.45, 7) is 3.21. The summed E-state index contributed by atoms with van der Waals surface area (Å²) >= 11 is 0. The molecule has 1 saturated heterocycles. The van der Waals surface area contributed by atoms with Gasteiger partial charge in [0.15, 0.2) is 0 Å². The summed E-state index contributed by atoms with van der Waals surface area (Å²) in [5, 5.41) is 27.4. The van der Waals surface area contributed by atoms with E-state index in [0.717, 1.165) is 5.82 Å². The van der Waals surface area contributed by atoms with Crippen molar-refractivity contribution in [3.05, 3.63) is 18.3 Å². The van der Waals surface area contributed by atoms with Gasteiger partial charge in [-0.15, -0.1) is 0 Å². The highest BCUT2D eigenvalue weighted by Crippen LogP contribution is 2.36. The van der Waals surface area contributed by atoms with Gasteiger partial charge in [0.1, 0.15) is 5.82 Å². The Labute approximate surface area is 118 Å². The molecule has 0 saturated carbocycles. The van der Waals surface area contributed by atoms with Crippen molar-refractivity contribution in [2.45, 2.75) is 26.2 Å². The predicted octanol–water partition coefficient (Wildman–Crippen LogP) is -0.157. The SMILES string of the molecule is CCC1(C(=O)O)CCN(c2ccc(B(O)O)cn2)CC1. The molecule has 2 rings (SSSR count). The first kappa shape index (κ1) is 14.8. The molecular weight excluding hydrogens is 259 g/mol. The molecule has 0 spiro atoms. The number of aromatic nitrogens is 1. The fourth-order valence-corrected chi connectivity index (χ4v) is 2.62. The number of nitrogens with zero attached hydrogens (tertiary/aromatic N) is 2. The first-order chi connectivity index (χ1) is 9.48. The summed E-state index contributed by atoms with van der Waals surface area (Å²) in [5.41, 5.74) is -0.267. The van der Waals surface area contributed by atoms with E-state index in [1.54, 1.807) is 12.1 Å². The van der Waals surface area contributed by atoms with Crippen molar-refractivity contribution >= 4 is 24.4 Å². The monoisotopic (exact) mass is 278 g/mol. The minimum absolute atomic E-state index is 0.346. The standard InChI is InChI=1S/C13H19BN2O4/c1-2-13(12(17)18)5-7-16(8-6-13)11-4-3-10(9-15-11)14(19)20/h3-4,9,19-20H,2,5-8H2,1H3,(H,17,18). The van der Waals surface area contributed by atoms with Gasteiger partial charge in [0.25, 0.3) is 0 Å². The summed E-state index contributed by atoms with van der Waals surface area (Å²) in [6, 6.07) is 3.35.